The molecule has 1 aliphatic heterocycles. The van der Waals surface area contributed by atoms with Crippen LogP contribution >= 0.6 is 24.0 Å². The Labute approximate surface area is 187 Å². The van der Waals surface area contributed by atoms with Crippen LogP contribution in [-0.2, 0) is 14.3 Å². The van der Waals surface area contributed by atoms with Crippen molar-refractivity contribution in [3.05, 3.63) is 28.7 Å². The summed E-state index contributed by atoms with van der Waals surface area (Å²) in [5.74, 6) is 0.931. The first-order valence-corrected chi connectivity index (χ1v) is 11.4. The van der Waals surface area contributed by atoms with Crippen molar-refractivity contribution < 1.29 is 23.8 Å². The molecule has 8 heteroatoms. The van der Waals surface area contributed by atoms with Gasteiger partial charge in [-0.25, -0.2) is 0 Å². The van der Waals surface area contributed by atoms with Gasteiger partial charge in [-0.05, 0) is 43.5 Å². The first kappa shape index (κ1) is 24.2. The van der Waals surface area contributed by atoms with Gasteiger partial charge in [-0.3, -0.25) is 14.5 Å². The van der Waals surface area contributed by atoms with E-state index in [-0.39, 0.29) is 18.3 Å². The summed E-state index contributed by atoms with van der Waals surface area (Å²) in [6.07, 6.45) is 5.84. The average Bonchev–Trinajstić information content (AvgIpc) is 2.99. The number of benzene rings is 1. The number of thiocarbonyl (C=S) groups is 1. The Morgan fingerprint density at radius 1 is 1.17 bits per heavy atom. The van der Waals surface area contributed by atoms with Crippen LogP contribution in [0.5, 0.6) is 11.5 Å². The van der Waals surface area contributed by atoms with Gasteiger partial charge in [0.05, 0.1) is 25.2 Å². The number of carbonyl (C=O) groups is 2. The van der Waals surface area contributed by atoms with E-state index in [1.54, 1.807) is 0 Å². The maximum atomic E-state index is 12.7. The van der Waals surface area contributed by atoms with E-state index < -0.39 is 0 Å². The van der Waals surface area contributed by atoms with Crippen molar-refractivity contribution in [2.45, 2.75) is 46.0 Å². The fourth-order valence-corrected chi connectivity index (χ4v) is 4.17. The summed E-state index contributed by atoms with van der Waals surface area (Å²) in [4.78, 5) is 26.1. The molecule has 1 saturated heterocycles. The highest BCUT2D eigenvalue weighted by Crippen LogP contribution is 2.35. The van der Waals surface area contributed by atoms with Gasteiger partial charge in [0.2, 0.25) is 0 Å². The van der Waals surface area contributed by atoms with Crippen molar-refractivity contribution in [1.82, 2.24) is 4.90 Å². The summed E-state index contributed by atoms with van der Waals surface area (Å²) in [5, 5.41) is 0. The summed E-state index contributed by atoms with van der Waals surface area (Å²) < 4.78 is 16.7. The van der Waals surface area contributed by atoms with Crippen LogP contribution in [0, 0.1) is 0 Å². The second kappa shape index (κ2) is 12.6. The SMILES string of the molecule is CCCCCOc1ccc(/C=C2\SC(=S)N(CCCC(=O)OC)C2=O)cc1OCC. The average molecular weight is 452 g/mol. The molecule has 6 nitrogen and oxygen atoms in total. The zero-order valence-corrected chi connectivity index (χ0v) is 19.4. The van der Waals surface area contributed by atoms with Crippen molar-refractivity contribution in [3.8, 4) is 11.5 Å². The normalized spacial score (nSPS) is 15.0. The summed E-state index contributed by atoms with van der Waals surface area (Å²) >= 11 is 6.61. The molecule has 0 aliphatic carbocycles. The number of carbonyl (C=O) groups excluding carboxylic acids is 2. The molecule has 0 unspecified atom stereocenters. The Balaban J connectivity index is 2.07. The highest BCUT2D eigenvalue weighted by Gasteiger charge is 2.31. The maximum absolute atomic E-state index is 12.7. The molecule has 30 heavy (non-hydrogen) atoms. The molecule has 0 aromatic heterocycles. The topological polar surface area (TPSA) is 65.1 Å². The molecule has 1 amide bonds. The van der Waals surface area contributed by atoms with Crippen LogP contribution in [-0.4, -0.2) is 48.0 Å². The lowest BCUT2D eigenvalue weighted by Crippen LogP contribution is -2.29. The van der Waals surface area contributed by atoms with Crippen molar-refractivity contribution >= 4 is 46.3 Å². The van der Waals surface area contributed by atoms with Crippen LogP contribution in [0.3, 0.4) is 0 Å². The van der Waals surface area contributed by atoms with Crippen molar-refractivity contribution in [2.24, 2.45) is 0 Å². The molecule has 0 saturated carbocycles. The quantitative estimate of drug-likeness (QED) is 0.196. The molecular formula is C22H29NO5S2. The monoisotopic (exact) mass is 451 g/mol. The van der Waals surface area contributed by atoms with E-state index in [0.29, 0.717) is 46.9 Å². The van der Waals surface area contributed by atoms with E-state index in [9.17, 15) is 9.59 Å². The van der Waals surface area contributed by atoms with Gasteiger partial charge in [-0.1, -0.05) is 49.8 Å². The van der Waals surface area contributed by atoms with Gasteiger partial charge in [0, 0.05) is 13.0 Å². The molecule has 2 rings (SSSR count). The third kappa shape index (κ3) is 7.02. The standard InChI is InChI=1S/C22H29NO5S2/c1-4-6-7-13-28-17-11-10-16(14-18(17)27-5-2)15-19-21(25)23(22(29)30-19)12-8-9-20(24)26-3/h10-11,14-15H,4-9,12-13H2,1-3H3/b19-15-. The van der Waals surface area contributed by atoms with E-state index in [0.717, 1.165) is 24.8 Å². The number of unbranched alkanes of at least 4 members (excludes halogenated alkanes) is 2. The van der Waals surface area contributed by atoms with E-state index in [1.165, 1.54) is 23.8 Å². The number of thioether (sulfide) groups is 1. The molecule has 0 spiro atoms. The zero-order valence-electron chi connectivity index (χ0n) is 17.8. The van der Waals surface area contributed by atoms with Crippen molar-refractivity contribution in [2.75, 3.05) is 26.9 Å². The van der Waals surface area contributed by atoms with Gasteiger partial charge in [0.1, 0.15) is 4.32 Å². The molecular weight excluding hydrogens is 422 g/mol. The minimum absolute atomic E-state index is 0.146. The van der Waals surface area contributed by atoms with E-state index in [4.69, 9.17) is 21.7 Å². The smallest absolute Gasteiger partial charge is 0.305 e. The summed E-state index contributed by atoms with van der Waals surface area (Å²) in [5.41, 5.74) is 0.842. The highest BCUT2D eigenvalue weighted by atomic mass is 32.2. The molecule has 0 bridgehead atoms. The number of hydrogen-bond donors (Lipinski definition) is 0. The minimum atomic E-state index is -0.295. The molecule has 0 radical (unpaired) electrons. The molecule has 1 aromatic rings. The van der Waals surface area contributed by atoms with E-state index in [1.807, 2.05) is 31.2 Å². The predicted octanol–water partition coefficient (Wildman–Crippen LogP) is 4.81. The molecule has 1 aromatic carbocycles. The van der Waals surface area contributed by atoms with Crippen LogP contribution in [0.25, 0.3) is 6.08 Å². The number of nitrogens with zero attached hydrogens (tertiary/aromatic N) is 1. The molecule has 1 aliphatic rings. The molecule has 164 valence electrons. The fraction of sp³-hybridized carbons (Fsp3) is 0.500. The van der Waals surface area contributed by atoms with E-state index in [2.05, 4.69) is 11.7 Å². The number of methoxy groups -OCH3 is 1. The van der Waals surface area contributed by atoms with Gasteiger partial charge in [0.25, 0.3) is 5.91 Å². The van der Waals surface area contributed by atoms with E-state index >= 15 is 0 Å². The Morgan fingerprint density at radius 2 is 1.97 bits per heavy atom. The number of ether oxygens (including phenoxy) is 3. The molecule has 0 N–H and O–H groups in total. The Hall–Kier alpha value is -2.06. The number of esters is 1. The minimum Gasteiger partial charge on any atom is -0.490 e. The van der Waals surface area contributed by atoms with Crippen LogP contribution in [0.1, 0.15) is 51.5 Å². The summed E-state index contributed by atoms with van der Waals surface area (Å²) in [7, 11) is 1.35. The van der Waals surface area contributed by atoms with Crippen LogP contribution in [0.4, 0.5) is 0 Å². The van der Waals surface area contributed by atoms with Crippen LogP contribution < -0.4 is 9.47 Å². The largest absolute Gasteiger partial charge is 0.490 e. The lowest BCUT2D eigenvalue weighted by molar-refractivity contribution is -0.141. The lowest BCUT2D eigenvalue weighted by atomic mass is 10.1. The van der Waals surface area contributed by atoms with Gasteiger partial charge in [-0.2, -0.15) is 0 Å². The predicted molar refractivity (Wildman–Crippen MR) is 124 cm³/mol. The Bertz CT molecular complexity index is 794. The van der Waals surface area contributed by atoms with Gasteiger partial charge in [0.15, 0.2) is 11.5 Å². The first-order valence-electron chi connectivity index (χ1n) is 10.2. The fourth-order valence-electron chi connectivity index (χ4n) is 2.86. The molecule has 1 heterocycles. The summed E-state index contributed by atoms with van der Waals surface area (Å²) in [6.45, 7) is 5.65. The van der Waals surface area contributed by atoms with Crippen molar-refractivity contribution in [1.29, 1.82) is 0 Å². The second-order valence-electron chi connectivity index (χ2n) is 6.71. The third-order valence-electron chi connectivity index (χ3n) is 4.43. The number of amides is 1. The lowest BCUT2D eigenvalue weighted by Gasteiger charge is -2.13. The van der Waals surface area contributed by atoms with Gasteiger partial charge < -0.3 is 14.2 Å². The first-order chi connectivity index (χ1) is 14.5. The zero-order chi connectivity index (χ0) is 21.9. The van der Waals surface area contributed by atoms with Crippen LogP contribution in [0.15, 0.2) is 23.1 Å². The highest BCUT2D eigenvalue weighted by molar-refractivity contribution is 8.26. The number of hydrogen-bond acceptors (Lipinski definition) is 7. The van der Waals surface area contributed by atoms with Gasteiger partial charge in [-0.15, -0.1) is 0 Å². The van der Waals surface area contributed by atoms with Gasteiger partial charge >= 0.3 is 5.97 Å². The number of rotatable bonds is 12. The molecule has 0 atom stereocenters. The Kier molecular flexibility index (Phi) is 10.2. The summed E-state index contributed by atoms with van der Waals surface area (Å²) in [6, 6.07) is 5.66. The Morgan fingerprint density at radius 3 is 2.67 bits per heavy atom. The van der Waals surface area contributed by atoms with Crippen LogP contribution in [0.2, 0.25) is 0 Å². The molecule has 1 fully saturated rings. The van der Waals surface area contributed by atoms with Crippen molar-refractivity contribution in [3.63, 3.8) is 0 Å². The third-order valence-corrected chi connectivity index (χ3v) is 5.81. The second-order valence-corrected chi connectivity index (χ2v) is 8.38. The maximum Gasteiger partial charge on any atom is 0.305 e.